The molecule has 0 aliphatic carbocycles. The number of rotatable bonds is 0. The fourth-order valence-electron chi connectivity index (χ4n) is 1.37. The van der Waals surface area contributed by atoms with Crippen LogP contribution in [0, 0.1) is 5.41 Å². The summed E-state index contributed by atoms with van der Waals surface area (Å²) in [5, 5.41) is 6.17. The third kappa shape index (κ3) is 1.42. The highest BCUT2D eigenvalue weighted by Crippen LogP contribution is 2.32. The Balaban J connectivity index is 2.43. The van der Waals surface area contributed by atoms with Crippen LogP contribution < -0.4 is 0 Å². The van der Waals surface area contributed by atoms with E-state index in [1.807, 2.05) is 23.4 Å². The van der Waals surface area contributed by atoms with E-state index in [-0.39, 0.29) is 5.41 Å². The smallest absolute Gasteiger partial charge is 0.126 e. The molecule has 0 spiro atoms. The van der Waals surface area contributed by atoms with Gasteiger partial charge in [-0.2, -0.15) is 5.10 Å². The summed E-state index contributed by atoms with van der Waals surface area (Å²) in [6.45, 7) is 6.43. The van der Waals surface area contributed by atoms with E-state index in [9.17, 15) is 0 Å². The van der Waals surface area contributed by atoms with Crippen molar-refractivity contribution in [2.45, 2.75) is 20.8 Å². The Bertz CT molecular complexity index is 399. The van der Waals surface area contributed by atoms with Gasteiger partial charge in [-0.3, -0.25) is 0 Å². The van der Waals surface area contributed by atoms with Crippen molar-refractivity contribution in [3.8, 4) is 0 Å². The number of nitrogens with zero attached hydrogens (tertiary/aromatic N) is 3. The molecule has 0 amide bonds. The zero-order chi connectivity index (χ0) is 10.2. The van der Waals surface area contributed by atoms with Crippen molar-refractivity contribution in [1.29, 1.82) is 0 Å². The summed E-state index contributed by atoms with van der Waals surface area (Å²) in [6.07, 6.45) is 7.44. The van der Waals surface area contributed by atoms with E-state index in [2.05, 4.69) is 36.7 Å². The molecule has 72 valence electrons. The van der Waals surface area contributed by atoms with Crippen molar-refractivity contribution in [1.82, 2.24) is 5.01 Å². The van der Waals surface area contributed by atoms with Crippen molar-refractivity contribution >= 4 is 12.1 Å². The first-order valence-corrected chi connectivity index (χ1v) is 4.63. The predicted octanol–water partition coefficient (Wildman–Crippen LogP) is 2.30. The normalized spacial score (nSPS) is 19.2. The van der Waals surface area contributed by atoms with E-state index in [0.29, 0.717) is 0 Å². The summed E-state index contributed by atoms with van der Waals surface area (Å²) >= 11 is 0. The van der Waals surface area contributed by atoms with Gasteiger partial charge in [0.15, 0.2) is 0 Å². The molecule has 0 radical (unpaired) electrons. The van der Waals surface area contributed by atoms with Crippen LogP contribution in [0.5, 0.6) is 0 Å². The molecule has 2 aliphatic heterocycles. The summed E-state index contributed by atoms with van der Waals surface area (Å²) in [6, 6.07) is 0. The predicted molar refractivity (Wildman–Crippen MR) is 58.0 cm³/mol. The standard InChI is InChI=1S/C11H13N3/c1-11(2,3)10-8-12-7-9-5-4-6-13-14(9)10/h4-6,8H,1-3H3. The molecular formula is C11H13N3. The van der Waals surface area contributed by atoms with Gasteiger partial charge in [0.25, 0.3) is 0 Å². The van der Waals surface area contributed by atoms with Crippen LogP contribution in [0.1, 0.15) is 20.8 Å². The van der Waals surface area contributed by atoms with Crippen LogP contribution in [0.4, 0.5) is 0 Å². The van der Waals surface area contributed by atoms with E-state index < -0.39 is 0 Å². The fourth-order valence-corrected chi connectivity index (χ4v) is 1.37. The second kappa shape index (κ2) is 2.96. The molecule has 0 aromatic carbocycles. The van der Waals surface area contributed by atoms with Crippen molar-refractivity contribution in [3.05, 3.63) is 29.7 Å². The number of allylic oxidation sites excluding steroid dienone is 3. The van der Waals surface area contributed by atoms with Crippen LogP contribution in [0.15, 0.2) is 39.8 Å². The molecule has 2 aliphatic rings. The Morgan fingerprint density at radius 1 is 1.36 bits per heavy atom. The maximum Gasteiger partial charge on any atom is 0.126 e. The van der Waals surface area contributed by atoms with Crippen LogP contribution in [-0.2, 0) is 0 Å². The minimum Gasteiger partial charge on any atom is -0.226 e. The highest BCUT2D eigenvalue weighted by molar-refractivity contribution is 5.77. The molecule has 0 aromatic rings. The topological polar surface area (TPSA) is 28.0 Å². The van der Waals surface area contributed by atoms with Crippen molar-refractivity contribution in [2.24, 2.45) is 15.5 Å². The fraction of sp³-hybridized carbons (Fsp3) is 0.364. The Labute approximate surface area is 83.8 Å². The average Bonchev–Trinajstić information content (AvgIpc) is 2.15. The average molecular weight is 187 g/mol. The van der Waals surface area contributed by atoms with Gasteiger partial charge in [0, 0.05) is 17.5 Å². The van der Waals surface area contributed by atoms with E-state index in [1.54, 1.807) is 6.21 Å². The van der Waals surface area contributed by atoms with E-state index in [0.717, 1.165) is 11.4 Å². The van der Waals surface area contributed by atoms with Crippen LogP contribution in [0.2, 0.25) is 0 Å². The van der Waals surface area contributed by atoms with E-state index in [1.165, 1.54) is 0 Å². The van der Waals surface area contributed by atoms with E-state index >= 15 is 0 Å². The molecule has 0 atom stereocenters. The summed E-state index contributed by atoms with van der Waals surface area (Å²) in [4.78, 5) is 4.09. The maximum absolute atomic E-state index is 4.29. The first-order chi connectivity index (χ1) is 6.59. The van der Waals surface area contributed by atoms with Gasteiger partial charge in [0.1, 0.15) is 5.70 Å². The Morgan fingerprint density at radius 3 is 2.86 bits per heavy atom. The lowest BCUT2D eigenvalue weighted by atomic mass is 9.91. The van der Waals surface area contributed by atoms with Gasteiger partial charge in [-0.1, -0.05) is 20.8 Å². The highest BCUT2D eigenvalue weighted by atomic mass is 15.5. The molecule has 3 heteroatoms. The maximum atomic E-state index is 4.29. The number of hydrogen-bond acceptors (Lipinski definition) is 3. The Morgan fingerprint density at radius 2 is 2.14 bits per heavy atom. The lowest BCUT2D eigenvalue weighted by Gasteiger charge is -2.32. The van der Waals surface area contributed by atoms with Crippen LogP contribution in [0.25, 0.3) is 0 Å². The van der Waals surface area contributed by atoms with Crippen LogP contribution >= 0.6 is 0 Å². The van der Waals surface area contributed by atoms with Crippen LogP contribution in [0.3, 0.4) is 0 Å². The molecule has 0 unspecified atom stereocenters. The molecule has 0 N–H and O–H groups in total. The molecule has 3 nitrogen and oxygen atoms in total. The molecule has 0 saturated heterocycles. The molecule has 2 heterocycles. The van der Waals surface area contributed by atoms with Crippen molar-refractivity contribution in [3.63, 3.8) is 0 Å². The summed E-state index contributed by atoms with van der Waals surface area (Å²) < 4.78 is 0. The van der Waals surface area contributed by atoms with Gasteiger partial charge >= 0.3 is 0 Å². The number of hydrogen-bond donors (Lipinski definition) is 0. The molecule has 14 heavy (non-hydrogen) atoms. The number of fused-ring (bicyclic) bond motifs is 1. The second-order valence-electron chi connectivity index (χ2n) is 4.33. The summed E-state index contributed by atoms with van der Waals surface area (Å²) in [5.74, 6) is 2.91. The van der Waals surface area contributed by atoms with Gasteiger partial charge < -0.3 is 0 Å². The van der Waals surface area contributed by atoms with Crippen LogP contribution in [-0.4, -0.2) is 17.1 Å². The first-order valence-electron chi connectivity index (χ1n) is 4.63. The summed E-state index contributed by atoms with van der Waals surface area (Å²) in [5.41, 5.74) is 2.03. The van der Waals surface area contributed by atoms with Gasteiger partial charge in [-0.15, -0.1) is 0 Å². The SMILES string of the molecule is CC(C)(C)C1=CN=C=C2C=CC=NN21. The Kier molecular flexibility index (Phi) is 1.90. The molecule has 0 saturated carbocycles. The monoisotopic (exact) mass is 187 g/mol. The summed E-state index contributed by atoms with van der Waals surface area (Å²) in [7, 11) is 0. The largest absolute Gasteiger partial charge is 0.226 e. The second-order valence-corrected chi connectivity index (χ2v) is 4.33. The number of aliphatic imine (C=N–C) groups is 1. The van der Waals surface area contributed by atoms with Crippen molar-refractivity contribution < 1.29 is 0 Å². The van der Waals surface area contributed by atoms with E-state index in [4.69, 9.17) is 0 Å². The minimum atomic E-state index is 0.0410. The third-order valence-electron chi connectivity index (χ3n) is 2.11. The van der Waals surface area contributed by atoms with Gasteiger partial charge in [-0.05, 0) is 12.2 Å². The molecule has 0 bridgehead atoms. The van der Waals surface area contributed by atoms with Gasteiger partial charge in [0.2, 0.25) is 0 Å². The zero-order valence-electron chi connectivity index (χ0n) is 8.65. The highest BCUT2D eigenvalue weighted by Gasteiger charge is 2.26. The minimum absolute atomic E-state index is 0.0410. The zero-order valence-corrected chi connectivity index (χ0v) is 8.65. The third-order valence-corrected chi connectivity index (χ3v) is 2.11. The molecule has 0 fully saturated rings. The quantitative estimate of drug-likeness (QED) is 0.572. The molecule has 2 rings (SSSR count). The Hall–Kier alpha value is -1.60. The van der Waals surface area contributed by atoms with Gasteiger partial charge in [-0.25, -0.2) is 10.0 Å². The number of hydrazone groups is 1. The first kappa shape index (κ1) is 8.97. The van der Waals surface area contributed by atoms with Gasteiger partial charge in [0.05, 0.1) is 11.9 Å². The van der Waals surface area contributed by atoms with Crippen molar-refractivity contribution in [2.75, 3.05) is 0 Å². The molecule has 0 aromatic heterocycles. The lowest BCUT2D eigenvalue weighted by Crippen LogP contribution is -2.28. The molecular weight excluding hydrogens is 174 g/mol. The lowest BCUT2D eigenvalue weighted by molar-refractivity contribution is 0.334.